The molecule has 1 saturated carbocycles. The Morgan fingerprint density at radius 2 is 2.20 bits per heavy atom. The molecule has 0 amide bonds. The van der Waals surface area contributed by atoms with Crippen molar-refractivity contribution >= 4 is 0 Å². The number of aliphatic hydroxyl groups excluding tert-OH is 1. The first-order valence-electron chi connectivity index (χ1n) is 7.17. The highest BCUT2D eigenvalue weighted by molar-refractivity contribution is 5.38. The fourth-order valence-electron chi connectivity index (χ4n) is 2.41. The van der Waals surface area contributed by atoms with Crippen molar-refractivity contribution in [1.29, 1.82) is 0 Å². The Morgan fingerprint density at radius 1 is 1.45 bits per heavy atom. The monoisotopic (exact) mass is 275 g/mol. The number of aliphatic hydroxyl groups is 1. The van der Waals surface area contributed by atoms with Gasteiger partial charge >= 0.3 is 0 Å². The van der Waals surface area contributed by atoms with Gasteiger partial charge in [-0.25, -0.2) is 4.39 Å². The van der Waals surface area contributed by atoms with E-state index < -0.39 is 0 Å². The predicted molar refractivity (Wildman–Crippen MR) is 78.6 cm³/mol. The van der Waals surface area contributed by atoms with Gasteiger partial charge in [0.1, 0.15) is 5.82 Å². The van der Waals surface area contributed by atoms with Crippen LogP contribution in [0, 0.1) is 29.5 Å². The van der Waals surface area contributed by atoms with Crippen molar-refractivity contribution in [2.75, 3.05) is 20.2 Å². The highest BCUT2D eigenvalue weighted by Gasteiger charge is 2.32. The maximum atomic E-state index is 13.6. The third-order valence-electron chi connectivity index (χ3n) is 3.77. The van der Waals surface area contributed by atoms with Gasteiger partial charge in [0.05, 0.1) is 12.2 Å². The maximum absolute atomic E-state index is 13.6. The van der Waals surface area contributed by atoms with Gasteiger partial charge in [-0.1, -0.05) is 24.8 Å². The van der Waals surface area contributed by atoms with Crippen molar-refractivity contribution in [2.45, 2.75) is 26.3 Å². The molecular formula is C17H22FNO. The third-order valence-corrected chi connectivity index (χ3v) is 3.77. The second-order valence-electron chi connectivity index (χ2n) is 5.76. The zero-order valence-corrected chi connectivity index (χ0v) is 12.2. The first-order valence-corrected chi connectivity index (χ1v) is 7.17. The van der Waals surface area contributed by atoms with Crippen molar-refractivity contribution < 1.29 is 9.50 Å². The summed E-state index contributed by atoms with van der Waals surface area (Å²) in [7, 11) is 2.10. The van der Waals surface area contributed by atoms with Crippen molar-refractivity contribution in [3.8, 4) is 11.8 Å². The molecule has 1 N–H and O–H groups in total. The molecule has 108 valence electrons. The molecule has 0 saturated heterocycles. The van der Waals surface area contributed by atoms with Gasteiger partial charge in [-0.3, -0.25) is 0 Å². The van der Waals surface area contributed by atoms with Crippen LogP contribution in [0.25, 0.3) is 0 Å². The summed E-state index contributed by atoms with van der Waals surface area (Å²) < 4.78 is 13.6. The normalized spacial score (nSPS) is 20.6. The van der Waals surface area contributed by atoms with Crippen LogP contribution in [-0.2, 0) is 6.54 Å². The Kier molecular flexibility index (Phi) is 5.17. The van der Waals surface area contributed by atoms with E-state index >= 15 is 0 Å². The molecule has 0 aliphatic heterocycles. The van der Waals surface area contributed by atoms with Crippen molar-refractivity contribution in [3.63, 3.8) is 0 Å². The lowest BCUT2D eigenvalue weighted by molar-refractivity contribution is 0.305. The highest BCUT2D eigenvalue weighted by Crippen LogP contribution is 2.38. The summed E-state index contributed by atoms with van der Waals surface area (Å²) in [5.41, 5.74) is 1.50. The smallest absolute Gasteiger partial charge is 0.138 e. The van der Waals surface area contributed by atoms with Crippen LogP contribution in [0.4, 0.5) is 4.39 Å². The molecule has 1 fully saturated rings. The molecule has 1 aliphatic carbocycles. The molecule has 1 aliphatic rings. The van der Waals surface area contributed by atoms with Crippen LogP contribution in [0.2, 0.25) is 0 Å². The number of hydrogen-bond donors (Lipinski definition) is 1. The minimum Gasteiger partial charge on any atom is -0.395 e. The van der Waals surface area contributed by atoms with Crippen LogP contribution >= 0.6 is 0 Å². The van der Waals surface area contributed by atoms with Gasteiger partial charge in [0.25, 0.3) is 0 Å². The number of rotatable bonds is 5. The zero-order chi connectivity index (χ0) is 14.5. The Balaban J connectivity index is 1.97. The Bertz CT molecular complexity index is 517. The lowest BCUT2D eigenvalue weighted by Gasteiger charge is -2.16. The average molecular weight is 275 g/mol. The summed E-state index contributed by atoms with van der Waals surface area (Å²) in [6, 6.07) is 5.11. The van der Waals surface area contributed by atoms with Gasteiger partial charge in [-0.05, 0) is 43.0 Å². The molecule has 3 heteroatoms. The SMILES string of the molecule is CC1CC1CN(C)Cc1ccc(F)c(C#CCCO)c1. The molecule has 2 atom stereocenters. The van der Waals surface area contributed by atoms with Gasteiger partial charge in [-0.15, -0.1) is 0 Å². The minimum absolute atomic E-state index is 0.0105. The molecule has 2 unspecified atom stereocenters. The summed E-state index contributed by atoms with van der Waals surface area (Å²) in [5.74, 6) is 6.93. The lowest BCUT2D eigenvalue weighted by atomic mass is 10.1. The van der Waals surface area contributed by atoms with Crippen LogP contribution in [0.15, 0.2) is 18.2 Å². The molecule has 2 rings (SSSR count). The topological polar surface area (TPSA) is 23.5 Å². The number of hydrogen-bond acceptors (Lipinski definition) is 2. The fourth-order valence-corrected chi connectivity index (χ4v) is 2.41. The first-order chi connectivity index (χ1) is 9.60. The second-order valence-corrected chi connectivity index (χ2v) is 5.76. The molecule has 0 radical (unpaired) electrons. The highest BCUT2D eigenvalue weighted by atomic mass is 19.1. The van der Waals surface area contributed by atoms with Gasteiger partial charge in [0.15, 0.2) is 0 Å². The standard InChI is InChI=1S/C17H22FNO/c1-13-9-16(13)12-19(2)11-14-6-7-17(18)15(10-14)5-3-4-8-20/h6-7,10,13,16,20H,4,8-9,11-12H2,1-2H3. The van der Waals surface area contributed by atoms with E-state index in [-0.39, 0.29) is 12.4 Å². The second kappa shape index (κ2) is 6.88. The third kappa shape index (κ3) is 4.33. The summed E-state index contributed by atoms with van der Waals surface area (Å²) >= 11 is 0. The van der Waals surface area contributed by atoms with E-state index in [1.54, 1.807) is 0 Å². The average Bonchev–Trinajstić information content (AvgIpc) is 3.08. The Labute approximate surface area is 120 Å². The largest absolute Gasteiger partial charge is 0.395 e. The molecule has 20 heavy (non-hydrogen) atoms. The molecule has 0 bridgehead atoms. The van der Waals surface area contributed by atoms with E-state index in [4.69, 9.17) is 5.11 Å². The minimum atomic E-state index is -0.294. The predicted octanol–water partition coefficient (Wildman–Crippen LogP) is 2.65. The number of halogens is 1. The first kappa shape index (κ1) is 15.0. The Hall–Kier alpha value is -1.37. The molecule has 1 aromatic rings. The molecule has 1 aromatic carbocycles. The van der Waals surface area contributed by atoms with Crippen LogP contribution in [0.3, 0.4) is 0 Å². The van der Waals surface area contributed by atoms with Gasteiger partial charge in [-0.2, -0.15) is 0 Å². The van der Waals surface area contributed by atoms with Gasteiger partial charge in [0, 0.05) is 19.5 Å². The maximum Gasteiger partial charge on any atom is 0.138 e. The molecule has 0 heterocycles. The van der Waals surface area contributed by atoms with E-state index in [1.807, 2.05) is 12.1 Å². The van der Waals surface area contributed by atoms with Crippen molar-refractivity contribution in [1.82, 2.24) is 4.90 Å². The fraction of sp³-hybridized carbons (Fsp3) is 0.529. The van der Waals surface area contributed by atoms with Gasteiger partial charge in [0.2, 0.25) is 0 Å². The van der Waals surface area contributed by atoms with Crippen LogP contribution in [0.5, 0.6) is 0 Å². The van der Waals surface area contributed by atoms with E-state index in [1.165, 1.54) is 12.5 Å². The van der Waals surface area contributed by atoms with Crippen LogP contribution < -0.4 is 0 Å². The van der Waals surface area contributed by atoms with Crippen molar-refractivity contribution in [2.24, 2.45) is 11.8 Å². The lowest BCUT2D eigenvalue weighted by Crippen LogP contribution is -2.21. The Morgan fingerprint density at radius 3 is 2.85 bits per heavy atom. The molecular weight excluding hydrogens is 253 g/mol. The van der Waals surface area contributed by atoms with E-state index in [9.17, 15) is 4.39 Å². The van der Waals surface area contributed by atoms with Crippen LogP contribution in [-0.4, -0.2) is 30.2 Å². The summed E-state index contributed by atoms with van der Waals surface area (Å²) in [6.07, 6.45) is 1.70. The quantitative estimate of drug-likeness (QED) is 0.835. The summed E-state index contributed by atoms with van der Waals surface area (Å²) in [4.78, 5) is 2.28. The van der Waals surface area contributed by atoms with E-state index in [2.05, 4.69) is 30.7 Å². The number of nitrogens with zero attached hydrogens (tertiary/aromatic N) is 1. The van der Waals surface area contributed by atoms with Crippen molar-refractivity contribution in [3.05, 3.63) is 35.1 Å². The molecule has 0 spiro atoms. The molecule has 2 nitrogen and oxygen atoms in total. The number of benzene rings is 1. The zero-order valence-electron chi connectivity index (χ0n) is 12.2. The molecule has 0 aromatic heterocycles. The summed E-state index contributed by atoms with van der Waals surface area (Å²) in [5, 5.41) is 8.70. The summed E-state index contributed by atoms with van der Waals surface area (Å²) in [6.45, 7) is 4.21. The van der Waals surface area contributed by atoms with E-state index in [0.717, 1.165) is 30.5 Å². The van der Waals surface area contributed by atoms with E-state index in [0.29, 0.717) is 12.0 Å². The van der Waals surface area contributed by atoms with Crippen LogP contribution in [0.1, 0.15) is 30.9 Å². The van der Waals surface area contributed by atoms with Gasteiger partial charge < -0.3 is 10.0 Å².